The van der Waals surface area contributed by atoms with Crippen molar-refractivity contribution in [2.75, 3.05) is 5.32 Å². The monoisotopic (exact) mass is 359 g/mol. The normalized spacial score (nSPS) is 12.4. The van der Waals surface area contributed by atoms with E-state index in [2.05, 4.69) is 41.6 Å². The Labute approximate surface area is 154 Å². The van der Waals surface area contributed by atoms with E-state index in [4.69, 9.17) is 11.6 Å². The van der Waals surface area contributed by atoms with Crippen LogP contribution in [0.3, 0.4) is 0 Å². The third kappa shape index (κ3) is 5.46. The second-order valence-electron chi connectivity index (χ2n) is 5.95. The standard InChI is InChI=1S/C20H26ClN3O/c1-3-5-6-7-11-14-17(16-12-9-8-10-13-16)23-18-15-22-24(4-2)20(25)19(18)21/h8-15,17,23H,3-7H2,1-2H3. The maximum Gasteiger partial charge on any atom is 0.287 e. The summed E-state index contributed by atoms with van der Waals surface area (Å²) in [6.45, 7) is 4.56. The summed E-state index contributed by atoms with van der Waals surface area (Å²) in [6.07, 6.45) is 10.6. The van der Waals surface area contributed by atoms with Gasteiger partial charge in [-0.3, -0.25) is 4.79 Å². The van der Waals surface area contributed by atoms with Crippen molar-refractivity contribution in [3.63, 3.8) is 0 Å². The molecule has 1 atom stereocenters. The van der Waals surface area contributed by atoms with Gasteiger partial charge in [0.2, 0.25) is 0 Å². The van der Waals surface area contributed by atoms with Gasteiger partial charge in [-0.25, -0.2) is 4.68 Å². The van der Waals surface area contributed by atoms with Crippen molar-refractivity contribution in [3.8, 4) is 0 Å². The molecule has 0 aliphatic heterocycles. The predicted octanol–water partition coefficient (Wildman–Crippen LogP) is 5.21. The highest BCUT2D eigenvalue weighted by Gasteiger charge is 2.13. The van der Waals surface area contributed by atoms with Crippen molar-refractivity contribution in [2.45, 2.75) is 52.1 Å². The summed E-state index contributed by atoms with van der Waals surface area (Å²) in [5.41, 5.74) is 1.40. The zero-order valence-electron chi connectivity index (χ0n) is 14.9. The van der Waals surface area contributed by atoms with Crippen LogP contribution in [0.15, 0.2) is 53.5 Å². The van der Waals surface area contributed by atoms with Gasteiger partial charge in [-0.15, -0.1) is 0 Å². The lowest BCUT2D eigenvalue weighted by atomic mass is 10.1. The topological polar surface area (TPSA) is 46.9 Å². The number of unbranched alkanes of at least 4 members (excludes halogenated alkanes) is 3. The molecule has 0 fully saturated rings. The number of rotatable bonds is 9. The Kier molecular flexibility index (Phi) is 7.74. The minimum atomic E-state index is -0.270. The van der Waals surface area contributed by atoms with Gasteiger partial charge in [-0.05, 0) is 25.3 Å². The Morgan fingerprint density at radius 2 is 2.00 bits per heavy atom. The van der Waals surface area contributed by atoms with Crippen molar-refractivity contribution < 1.29 is 0 Å². The van der Waals surface area contributed by atoms with E-state index in [0.717, 1.165) is 12.0 Å². The summed E-state index contributed by atoms with van der Waals surface area (Å²) in [4.78, 5) is 12.2. The molecule has 0 saturated heterocycles. The van der Waals surface area contributed by atoms with Crippen LogP contribution in [0.1, 0.15) is 51.1 Å². The minimum absolute atomic E-state index is 0.0565. The molecular weight excluding hydrogens is 334 g/mol. The lowest BCUT2D eigenvalue weighted by Gasteiger charge is -2.18. The first kappa shape index (κ1) is 19.3. The fourth-order valence-electron chi connectivity index (χ4n) is 2.61. The van der Waals surface area contributed by atoms with E-state index in [1.165, 1.54) is 23.9 Å². The minimum Gasteiger partial charge on any atom is -0.372 e. The second kappa shape index (κ2) is 10.0. The van der Waals surface area contributed by atoms with Crippen LogP contribution in [0.2, 0.25) is 5.02 Å². The van der Waals surface area contributed by atoms with Crippen LogP contribution in [0.25, 0.3) is 0 Å². The molecule has 0 spiro atoms. The Bertz CT molecular complexity index is 740. The largest absolute Gasteiger partial charge is 0.372 e. The van der Waals surface area contributed by atoms with E-state index in [-0.39, 0.29) is 16.6 Å². The van der Waals surface area contributed by atoms with Gasteiger partial charge in [0.05, 0.1) is 17.9 Å². The molecule has 2 rings (SSSR count). The number of hydrogen-bond donors (Lipinski definition) is 1. The molecule has 0 aliphatic rings. The molecule has 134 valence electrons. The first-order chi connectivity index (χ1) is 12.2. The van der Waals surface area contributed by atoms with Gasteiger partial charge in [0.25, 0.3) is 5.56 Å². The van der Waals surface area contributed by atoms with Crippen LogP contribution in [0.4, 0.5) is 5.69 Å². The van der Waals surface area contributed by atoms with Gasteiger partial charge in [-0.1, -0.05) is 73.9 Å². The van der Waals surface area contributed by atoms with Crippen molar-refractivity contribution in [1.29, 1.82) is 0 Å². The number of aromatic nitrogens is 2. The summed E-state index contributed by atoms with van der Waals surface area (Å²) in [5, 5.41) is 7.69. The molecule has 0 saturated carbocycles. The molecule has 1 aromatic carbocycles. The van der Waals surface area contributed by atoms with Crippen molar-refractivity contribution in [1.82, 2.24) is 9.78 Å². The molecule has 1 aromatic heterocycles. The van der Waals surface area contributed by atoms with Gasteiger partial charge in [0, 0.05) is 6.54 Å². The molecule has 0 bridgehead atoms. The summed E-state index contributed by atoms with van der Waals surface area (Å²) in [5.74, 6) is 0. The lowest BCUT2D eigenvalue weighted by Crippen LogP contribution is -2.24. The second-order valence-corrected chi connectivity index (χ2v) is 6.33. The van der Waals surface area contributed by atoms with E-state index >= 15 is 0 Å². The fourth-order valence-corrected chi connectivity index (χ4v) is 2.81. The van der Waals surface area contributed by atoms with Gasteiger partial charge < -0.3 is 5.32 Å². The quantitative estimate of drug-likeness (QED) is 0.494. The van der Waals surface area contributed by atoms with Gasteiger partial charge in [-0.2, -0.15) is 5.10 Å². The molecular formula is C20H26ClN3O. The molecule has 1 unspecified atom stereocenters. The van der Waals surface area contributed by atoms with E-state index in [1.807, 2.05) is 25.1 Å². The lowest BCUT2D eigenvalue weighted by molar-refractivity contribution is 0.616. The molecule has 25 heavy (non-hydrogen) atoms. The Hall–Kier alpha value is -2.07. The molecule has 4 nitrogen and oxygen atoms in total. The molecule has 1 heterocycles. The number of nitrogens with zero attached hydrogens (tertiary/aromatic N) is 2. The summed E-state index contributed by atoms with van der Waals surface area (Å²) in [6, 6.07) is 10.1. The van der Waals surface area contributed by atoms with Gasteiger partial charge in [0.1, 0.15) is 5.02 Å². The van der Waals surface area contributed by atoms with Crippen LogP contribution in [0, 0.1) is 0 Å². The van der Waals surface area contributed by atoms with Crippen LogP contribution in [0.5, 0.6) is 0 Å². The summed E-state index contributed by atoms with van der Waals surface area (Å²) < 4.78 is 1.35. The molecule has 5 heteroatoms. The Balaban J connectivity index is 2.22. The van der Waals surface area contributed by atoms with Crippen LogP contribution in [-0.4, -0.2) is 9.78 Å². The average Bonchev–Trinajstić information content (AvgIpc) is 2.65. The smallest absolute Gasteiger partial charge is 0.287 e. The summed E-state index contributed by atoms with van der Waals surface area (Å²) in [7, 11) is 0. The molecule has 0 aliphatic carbocycles. The third-order valence-corrected chi connectivity index (χ3v) is 4.42. The molecule has 0 radical (unpaired) electrons. The van der Waals surface area contributed by atoms with Crippen LogP contribution >= 0.6 is 11.6 Å². The molecule has 1 N–H and O–H groups in total. The number of hydrogen-bond acceptors (Lipinski definition) is 3. The number of nitrogens with one attached hydrogen (secondary N) is 1. The van der Waals surface area contributed by atoms with Gasteiger partial charge in [0.15, 0.2) is 0 Å². The first-order valence-electron chi connectivity index (χ1n) is 8.91. The van der Waals surface area contributed by atoms with E-state index < -0.39 is 0 Å². The Morgan fingerprint density at radius 3 is 2.68 bits per heavy atom. The van der Waals surface area contributed by atoms with Crippen LogP contribution in [-0.2, 0) is 6.54 Å². The SMILES string of the molecule is CCCCCC=CC(Nc1cnn(CC)c(=O)c1Cl)c1ccccc1. The number of benzene rings is 1. The maximum absolute atomic E-state index is 12.2. The highest BCUT2D eigenvalue weighted by Crippen LogP contribution is 2.24. The average molecular weight is 360 g/mol. The van der Waals surface area contributed by atoms with Crippen molar-refractivity contribution in [2.24, 2.45) is 0 Å². The number of allylic oxidation sites excluding steroid dienone is 1. The highest BCUT2D eigenvalue weighted by atomic mass is 35.5. The summed E-state index contributed by atoms with van der Waals surface area (Å²) >= 11 is 6.25. The predicted molar refractivity (Wildman–Crippen MR) is 105 cm³/mol. The first-order valence-corrected chi connectivity index (χ1v) is 9.28. The zero-order valence-corrected chi connectivity index (χ0v) is 15.7. The molecule has 0 amide bonds. The van der Waals surface area contributed by atoms with Gasteiger partial charge >= 0.3 is 0 Å². The number of halogens is 1. The number of aryl methyl sites for hydroxylation is 1. The van der Waals surface area contributed by atoms with E-state index in [0.29, 0.717) is 12.2 Å². The Morgan fingerprint density at radius 1 is 1.24 bits per heavy atom. The van der Waals surface area contributed by atoms with Crippen molar-refractivity contribution >= 4 is 17.3 Å². The molecule has 2 aromatic rings. The van der Waals surface area contributed by atoms with E-state index in [1.54, 1.807) is 6.20 Å². The maximum atomic E-state index is 12.2. The van der Waals surface area contributed by atoms with E-state index in [9.17, 15) is 4.79 Å². The highest BCUT2D eigenvalue weighted by molar-refractivity contribution is 6.32. The zero-order chi connectivity index (χ0) is 18.1. The van der Waals surface area contributed by atoms with Crippen LogP contribution < -0.4 is 10.9 Å². The van der Waals surface area contributed by atoms with Crippen molar-refractivity contribution in [3.05, 3.63) is 69.6 Å². The number of anilines is 1. The fraction of sp³-hybridized carbons (Fsp3) is 0.400. The third-order valence-electron chi connectivity index (χ3n) is 4.06.